The average Bonchev–Trinajstić information content (AvgIpc) is 3.28. The second kappa shape index (κ2) is 9.66. The van der Waals surface area contributed by atoms with Crippen molar-refractivity contribution >= 4 is 16.8 Å². The normalized spacial score (nSPS) is 11.0. The van der Waals surface area contributed by atoms with Crippen molar-refractivity contribution in [2.24, 2.45) is 0 Å². The summed E-state index contributed by atoms with van der Waals surface area (Å²) in [6.45, 7) is 6.53. The van der Waals surface area contributed by atoms with E-state index in [1.165, 1.54) is 5.56 Å². The average molecular weight is 477 g/mol. The predicted molar refractivity (Wildman–Crippen MR) is 143 cm³/mol. The molecular weight excluding hydrogens is 448 g/mol. The van der Waals surface area contributed by atoms with Crippen LogP contribution in [-0.4, -0.2) is 27.8 Å². The molecule has 0 bridgehead atoms. The Morgan fingerprint density at radius 1 is 0.917 bits per heavy atom. The third-order valence-corrected chi connectivity index (χ3v) is 6.39. The van der Waals surface area contributed by atoms with Gasteiger partial charge in [0.2, 0.25) is 0 Å². The van der Waals surface area contributed by atoms with Crippen LogP contribution in [0.2, 0.25) is 0 Å². The first-order valence-electron chi connectivity index (χ1n) is 11.9. The molecule has 6 nitrogen and oxygen atoms in total. The summed E-state index contributed by atoms with van der Waals surface area (Å²) in [4.78, 5) is 18.3. The molecule has 6 heteroatoms. The topological polar surface area (TPSA) is 69.0 Å². The largest absolute Gasteiger partial charge is 0.497 e. The van der Waals surface area contributed by atoms with Gasteiger partial charge < -0.3 is 10.1 Å². The fourth-order valence-corrected chi connectivity index (χ4v) is 4.29. The summed E-state index contributed by atoms with van der Waals surface area (Å²) in [6.07, 6.45) is 1.80. The van der Waals surface area contributed by atoms with Crippen LogP contribution in [0, 0.1) is 20.8 Å². The van der Waals surface area contributed by atoms with Gasteiger partial charge in [0.1, 0.15) is 5.75 Å². The molecule has 1 amide bonds. The molecule has 2 heterocycles. The lowest BCUT2D eigenvalue weighted by Crippen LogP contribution is -2.23. The molecule has 5 rings (SSSR count). The number of rotatable bonds is 6. The minimum Gasteiger partial charge on any atom is -0.497 e. The number of ether oxygens (including phenoxy) is 1. The van der Waals surface area contributed by atoms with Crippen molar-refractivity contribution in [3.05, 3.63) is 107 Å². The van der Waals surface area contributed by atoms with Gasteiger partial charge in [-0.1, -0.05) is 41.5 Å². The fraction of sp³-hybridized carbons (Fsp3) is 0.167. The highest BCUT2D eigenvalue weighted by Crippen LogP contribution is 2.29. The van der Waals surface area contributed by atoms with Crippen LogP contribution >= 0.6 is 0 Å². The quantitative estimate of drug-likeness (QED) is 0.329. The van der Waals surface area contributed by atoms with Crippen LogP contribution in [0.1, 0.15) is 32.7 Å². The van der Waals surface area contributed by atoms with E-state index in [9.17, 15) is 4.79 Å². The van der Waals surface area contributed by atoms with E-state index in [4.69, 9.17) is 9.72 Å². The lowest BCUT2D eigenvalue weighted by molar-refractivity contribution is 0.0952. The molecule has 0 atom stereocenters. The Hall–Kier alpha value is -4.45. The number of aromatic nitrogens is 3. The van der Waals surface area contributed by atoms with Crippen molar-refractivity contribution in [1.29, 1.82) is 0 Å². The number of nitrogens with zero attached hydrogens (tertiary/aromatic N) is 3. The Kier molecular flexibility index (Phi) is 6.25. The van der Waals surface area contributed by atoms with E-state index in [2.05, 4.69) is 10.4 Å². The highest BCUT2D eigenvalue weighted by molar-refractivity contribution is 6.07. The Bertz CT molecular complexity index is 1550. The van der Waals surface area contributed by atoms with Gasteiger partial charge in [0.25, 0.3) is 5.91 Å². The number of methoxy groups -OCH3 is 1. The van der Waals surface area contributed by atoms with Gasteiger partial charge in [-0.25, -0.2) is 9.67 Å². The zero-order valence-corrected chi connectivity index (χ0v) is 20.9. The molecule has 0 aliphatic carbocycles. The molecule has 0 fully saturated rings. The van der Waals surface area contributed by atoms with Crippen LogP contribution in [0.4, 0.5) is 0 Å². The van der Waals surface area contributed by atoms with Crippen LogP contribution in [0.5, 0.6) is 5.75 Å². The Morgan fingerprint density at radius 2 is 1.64 bits per heavy atom. The van der Waals surface area contributed by atoms with Gasteiger partial charge in [0.05, 0.1) is 41.5 Å². The van der Waals surface area contributed by atoms with Crippen molar-refractivity contribution in [3.63, 3.8) is 0 Å². The zero-order chi connectivity index (χ0) is 25.2. The van der Waals surface area contributed by atoms with Crippen molar-refractivity contribution in [1.82, 2.24) is 20.1 Å². The van der Waals surface area contributed by atoms with Crippen molar-refractivity contribution in [2.45, 2.75) is 27.3 Å². The van der Waals surface area contributed by atoms with E-state index in [0.717, 1.165) is 44.7 Å². The summed E-state index contributed by atoms with van der Waals surface area (Å²) in [5.74, 6) is 0.659. The van der Waals surface area contributed by atoms with E-state index < -0.39 is 0 Å². The first kappa shape index (κ1) is 23.3. The molecule has 3 aromatic carbocycles. The smallest absolute Gasteiger partial charge is 0.252 e. The first-order valence-corrected chi connectivity index (χ1v) is 11.9. The highest BCUT2D eigenvalue weighted by Gasteiger charge is 2.18. The lowest BCUT2D eigenvalue weighted by atomic mass is 10.0. The zero-order valence-electron chi connectivity index (χ0n) is 20.9. The standard InChI is InChI=1S/C30H28N4O2/c1-19-5-8-22(9-6-19)17-31-30(35)26-16-29(33-28-14-7-20(2)15-25(26)28)27-18-32-34(21(27)3)23-10-12-24(36-4)13-11-23/h5-16,18H,17H2,1-4H3,(H,31,35). The van der Waals surface area contributed by atoms with E-state index in [1.807, 2.05) is 98.2 Å². The molecule has 36 heavy (non-hydrogen) atoms. The molecular formula is C30H28N4O2. The number of hydrogen-bond donors (Lipinski definition) is 1. The molecule has 5 aromatic rings. The Morgan fingerprint density at radius 3 is 2.36 bits per heavy atom. The van der Waals surface area contributed by atoms with Gasteiger partial charge in [-0.3, -0.25) is 4.79 Å². The molecule has 0 aliphatic rings. The molecule has 180 valence electrons. The van der Waals surface area contributed by atoms with E-state index >= 15 is 0 Å². The maximum absolute atomic E-state index is 13.4. The van der Waals surface area contributed by atoms with Gasteiger partial charge in [-0.2, -0.15) is 5.10 Å². The molecule has 0 aliphatic heterocycles. The minimum absolute atomic E-state index is 0.130. The monoisotopic (exact) mass is 476 g/mol. The molecule has 0 radical (unpaired) electrons. The van der Waals surface area contributed by atoms with E-state index in [1.54, 1.807) is 13.3 Å². The number of carbonyl (C=O) groups is 1. The number of aryl methyl sites for hydroxylation is 2. The number of hydrogen-bond acceptors (Lipinski definition) is 4. The molecule has 1 N–H and O–H groups in total. The maximum Gasteiger partial charge on any atom is 0.252 e. The molecule has 0 unspecified atom stereocenters. The molecule has 0 saturated carbocycles. The van der Waals surface area contributed by atoms with Gasteiger partial charge in [-0.05, 0) is 68.8 Å². The van der Waals surface area contributed by atoms with Crippen molar-refractivity contribution in [2.75, 3.05) is 7.11 Å². The molecule has 0 saturated heterocycles. The van der Waals surface area contributed by atoms with E-state index in [-0.39, 0.29) is 5.91 Å². The lowest BCUT2D eigenvalue weighted by Gasteiger charge is -2.12. The highest BCUT2D eigenvalue weighted by atomic mass is 16.5. The van der Waals surface area contributed by atoms with Crippen molar-refractivity contribution in [3.8, 4) is 22.7 Å². The summed E-state index contributed by atoms with van der Waals surface area (Å²) >= 11 is 0. The van der Waals surface area contributed by atoms with Crippen LogP contribution < -0.4 is 10.1 Å². The number of amides is 1. The van der Waals surface area contributed by atoms with E-state index in [0.29, 0.717) is 17.8 Å². The number of benzene rings is 3. The fourth-order valence-electron chi connectivity index (χ4n) is 4.29. The van der Waals surface area contributed by atoms with Crippen LogP contribution in [0.15, 0.2) is 79.0 Å². The number of fused-ring (bicyclic) bond motifs is 1. The van der Waals surface area contributed by atoms with Crippen LogP contribution in [0.25, 0.3) is 27.8 Å². The van der Waals surface area contributed by atoms with Gasteiger partial charge in [0.15, 0.2) is 0 Å². The SMILES string of the molecule is COc1ccc(-n2ncc(-c3cc(C(=O)NCc4ccc(C)cc4)c4cc(C)ccc4n3)c2C)cc1. The van der Waals surface area contributed by atoms with Crippen LogP contribution in [-0.2, 0) is 6.54 Å². The summed E-state index contributed by atoms with van der Waals surface area (Å²) in [5.41, 5.74) is 8.14. The number of carbonyl (C=O) groups excluding carboxylic acids is 1. The van der Waals surface area contributed by atoms with Crippen LogP contribution in [0.3, 0.4) is 0 Å². The third kappa shape index (κ3) is 4.58. The molecule has 2 aromatic heterocycles. The van der Waals surface area contributed by atoms with Gasteiger partial charge in [-0.15, -0.1) is 0 Å². The van der Waals surface area contributed by atoms with Gasteiger partial charge in [0, 0.05) is 17.5 Å². The first-order chi connectivity index (χ1) is 17.4. The third-order valence-electron chi connectivity index (χ3n) is 6.39. The van der Waals surface area contributed by atoms with Gasteiger partial charge >= 0.3 is 0 Å². The summed E-state index contributed by atoms with van der Waals surface area (Å²) in [6, 6.07) is 23.8. The number of pyridine rings is 1. The second-order valence-electron chi connectivity index (χ2n) is 9.00. The predicted octanol–water partition coefficient (Wildman–Crippen LogP) is 5.95. The summed E-state index contributed by atoms with van der Waals surface area (Å²) in [7, 11) is 1.65. The summed E-state index contributed by atoms with van der Waals surface area (Å²) in [5, 5.41) is 8.52. The second-order valence-corrected chi connectivity index (χ2v) is 9.00. The Labute approximate surface area is 210 Å². The Balaban J connectivity index is 1.52. The minimum atomic E-state index is -0.130. The maximum atomic E-state index is 13.4. The molecule has 0 spiro atoms. The summed E-state index contributed by atoms with van der Waals surface area (Å²) < 4.78 is 7.14. The van der Waals surface area contributed by atoms with Crippen molar-refractivity contribution < 1.29 is 9.53 Å². The number of nitrogens with one attached hydrogen (secondary N) is 1.